The number of hydrogen-bond acceptors (Lipinski definition) is 4. The number of aryl methyl sites for hydroxylation is 2. The molecule has 0 fully saturated rings. The average Bonchev–Trinajstić information content (AvgIpc) is 2.97. The molecule has 0 spiro atoms. The number of rotatable bonds is 8. The summed E-state index contributed by atoms with van der Waals surface area (Å²) in [5.41, 5.74) is 3.82. The summed E-state index contributed by atoms with van der Waals surface area (Å²) in [7, 11) is 3.25. The Morgan fingerprint density at radius 3 is 2.65 bits per heavy atom. The first kappa shape index (κ1) is 19.8. The average molecular weight is 360 g/mol. The van der Waals surface area contributed by atoms with Crippen molar-refractivity contribution in [2.24, 2.45) is 0 Å². The number of ether oxygens (including phenoxy) is 2. The molecule has 1 aromatic heterocycles. The smallest absolute Gasteiger partial charge is 0.318 e. The summed E-state index contributed by atoms with van der Waals surface area (Å²) in [6, 6.07) is 7.39. The molecule has 2 rings (SSSR count). The normalized spacial score (nSPS) is 11.9. The van der Waals surface area contributed by atoms with E-state index >= 15 is 0 Å². The van der Waals surface area contributed by atoms with Crippen LogP contribution in [0.1, 0.15) is 35.5 Å². The molecular weight excluding hydrogens is 332 g/mol. The van der Waals surface area contributed by atoms with Crippen LogP contribution in [-0.4, -0.2) is 48.5 Å². The second kappa shape index (κ2) is 9.24. The van der Waals surface area contributed by atoms with Gasteiger partial charge in [0.2, 0.25) is 0 Å². The van der Waals surface area contributed by atoms with Crippen LogP contribution in [0, 0.1) is 13.8 Å². The summed E-state index contributed by atoms with van der Waals surface area (Å²) in [5.74, 6) is 0.761. The van der Waals surface area contributed by atoms with Crippen molar-refractivity contribution in [3.8, 4) is 5.75 Å². The second-order valence-electron chi connectivity index (χ2n) is 6.25. The number of nitrogens with one attached hydrogen (secondary N) is 2. The van der Waals surface area contributed by atoms with E-state index in [0.717, 1.165) is 28.3 Å². The van der Waals surface area contributed by atoms with Crippen molar-refractivity contribution in [3.63, 3.8) is 0 Å². The van der Waals surface area contributed by atoms with Crippen LogP contribution in [0.5, 0.6) is 5.75 Å². The molecule has 0 bridgehead atoms. The Kier molecular flexibility index (Phi) is 7.03. The molecule has 0 saturated heterocycles. The lowest BCUT2D eigenvalue weighted by molar-refractivity contribution is 0.144. The molecule has 7 heteroatoms. The molecule has 1 aromatic carbocycles. The maximum absolute atomic E-state index is 12.9. The van der Waals surface area contributed by atoms with Crippen molar-refractivity contribution in [1.29, 1.82) is 0 Å². The molecule has 0 aliphatic carbocycles. The van der Waals surface area contributed by atoms with Gasteiger partial charge in [-0.1, -0.05) is 18.2 Å². The van der Waals surface area contributed by atoms with Crippen molar-refractivity contribution in [2.75, 3.05) is 27.4 Å². The van der Waals surface area contributed by atoms with Gasteiger partial charge in [-0.05, 0) is 26.8 Å². The molecule has 0 aliphatic rings. The Labute approximate surface area is 154 Å². The Balaban J connectivity index is 2.13. The van der Waals surface area contributed by atoms with E-state index in [1.807, 2.05) is 45.0 Å². The SMILES string of the molecule is COCCN(Cc1ccccc1OC)C(=O)NC(C)c1c(C)n[nH]c1C. The second-order valence-corrected chi connectivity index (χ2v) is 6.25. The number of hydrogen-bond donors (Lipinski definition) is 2. The summed E-state index contributed by atoms with van der Waals surface area (Å²) in [6.45, 7) is 7.22. The minimum absolute atomic E-state index is 0.149. The Morgan fingerprint density at radius 2 is 2.04 bits per heavy atom. The minimum Gasteiger partial charge on any atom is -0.496 e. The van der Waals surface area contributed by atoms with Crippen LogP contribution >= 0.6 is 0 Å². The molecule has 0 saturated carbocycles. The first-order valence-electron chi connectivity index (χ1n) is 8.65. The highest BCUT2D eigenvalue weighted by Gasteiger charge is 2.21. The fraction of sp³-hybridized carbons (Fsp3) is 0.474. The number of benzene rings is 1. The van der Waals surface area contributed by atoms with E-state index in [-0.39, 0.29) is 12.1 Å². The van der Waals surface area contributed by atoms with E-state index < -0.39 is 0 Å². The topological polar surface area (TPSA) is 79.5 Å². The molecular formula is C19H28N4O3. The highest BCUT2D eigenvalue weighted by atomic mass is 16.5. The van der Waals surface area contributed by atoms with Gasteiger partial charge in [0.15, 0.2) is 0 Å². The van der Waals surface area contributed by atoms with E-state index in [4.69, 9.17) is 9.47 Å². The third-order valence-corrected chi connectivity index (χ3v) is 4.36. The van der Waals surface area contributed by atoms with Gasteiger partial charge in [-0.25, -0.2) is 4.79 Å². The summed E-state index contributed by atoms with van der Waals surface area (Å²) in [5, 5.41) is 10.2. The maximum atomic E-state index is 12.9. The molecule has 1 heterocycles. The quantitative estimate of drug-likeness (QED) is 0.758. The molecule has 2 aromatic rings. The third-order valence-electron chi connectivity index (χ3n) is 4.36. The van der Waals surface area contributed by atoms with Gasteiger partial charge in [-0.15, -0.1) is 0 Å². The third kappa shape index (κ3) is 4.76. The van der Waals surface area contributed by atoms with Crippen molar-refractivity contribution < 1.29 is 14.3 Å². The lowest BCUT2D eigenvalue weighted by Gasteiger charge is -2.26. The maximum Gasteiger partial charge on any atom is 0.318 e. The van der Waals surface area contributed by atoms with Crippen LogP contribution in [0.25, 0.3) is 0 Å². The molecule has 7 nitrogen and oxygen atoms in total. The Morgan fingerprint density at radius 1 is 1.31 bits per heavy atom. The van der Waals surface area contributed by atoms with Crippen LogP contribution in [-0.2, 0) is 11.3 Å². The zero-order valence-corrected chi connectivity index (χ0v) is 16.1. The fourth-order valence-electron chi connectivity index (χ4n) is 3.04. The zero-order chi connectivity index (χ0) is 19.1. The number of amides is 2. The number of para-hydroxylation sites is 1. The number of aromatic nitrogens is 2. The summed E-state index contributed by atoms with van der Waals surface area (Å²) in [4.78, 5) is 14.6. The van der Waals surface area contributed by atoms with E-state index in [1.165, 1.54) is 0 Å². The molecule has 2 N–H and O–H groups in total. The molecule has 1 atom stereocenters. The van der Waals surface area contributed by atoms with Crippen LogP contribution in [0.3, 0.4) is 0 Å². The van der Waals surface area contributed by atoms with E-state index in [1.54, 1.807) is 19.1 Å². The van der Waals surface area contributed by atoms with E-state index in [2.05, 4.69) is 15.5 Å². The molecule has 26 heavy (non-hydrogen) atoms. The van der Waals surface area contributed by atoms with Gasteiger partial charge >= 0.3 is 6.03 Å². The molecule has 0 aliphatic heterocycles. The van der Waals surface area contributed by atoms with Crippen LogP contribution in [0.2, 0.25) is 0 Å². The van der Waals surface area contributed by atoms with Crippen molar-refractivity contribution in [2.45, 2.75) is 33.4 Å². The largest absolute Gasteiger partial charge is 0.496 e. The number of methoxy groups -OCH3 is 2. The van der Waals surface area contributed by atoms with Crippen molar-refractivity contribution >= 4 is 6.03 Å². The number of urea groups is 1. The van der Waals surface area contributed by atoms with Crippen LogP contribution in [0.4, 0.5) is 4.79 Å². The van der Waals surface area contributed by atoms with Gasteiger partial charge in [-0.3, -0.25) is 5.10 Å². The molecule has 0 radical (unpaired) electrons. The summed E-state index contributed by atoms with van der Waals surface area (Å²) in [6.07, 6.45) is 0. The standard InChI is InChI=1S/C19H28N4O3/c1-13(18-14(2)21-22-15(18)3)20-19(24)23(10-11-25-4)12-16-8-6-7-9-17(16)26-5/h6-9,13H,10-12H2,1-5H3,(H,20,24)(H,21,22). The van der Waals surface area contributed by atoms with Gasteiger partial charge in [0.1, 0.15) is 5.75 Å². The van der Waals surface area contributed by atoms with E-state index in [9.17, 15) is 4.79 Å². The Hall–Kier alpha value is -2.54. The summed E-state index contributed by atoms with van der Waals surface area (Å²) >= 11 is 0. The van der Waals surface area contributed by atoms with Crippen molar-refractivity contribution in [1.82, 2.24) is 20.4 Å². The van der Waals surface area contributed by atoms with Crippen molar-refractivity contribution in [3.05, 3.63) is 46.8 Å². The first-order chi connectivity index (χ1) is 12.5. The highest BCUT2D eigenvalue weighted by Crippen LogP contribution is 2.21. The first-order valence-corrected chi connectivity index (χ1v) is 8.65. The predicted octanol–water partition coefficient (Wildman–Crippen LogP) is 2.95. The fourth-order valence-corrected chi connectivity index (χ4v) is 3.04. The monoisotopic (exact) mass is 360 g/mol. The number of carbonyl (C=O) groups is 1. The lowest BCUT2D eigenvalue weighted by atomic mass is 10.1. The lowest BCUT2D eigenvalue weighted by Crippen LogP contribution is -2.42. The van der Waals surface area contributed by atoms with Crippen LogP contribution < -0.4 is 10.1 Å². The van der Waals surface area contributed by atoms with Crippen LogP contribution in [0.15, 0.2) is 24.3 Å². The zero-order valence-electron chi connectivity index (χ0n) is 16.1. The number of nitrogens with zero attached hydrogens (tertiary/aromatic N) is 2. The highest BCUT2D eigenvalue weighted by molar-refractivity contribution is 5.75. The number of carbonyl (C=O) groups excluding carboxylic acids is 1. The van der Waals surface area contributed by atoms with Gasteiger partial charge in [0, 0.05) is 30.5 Å². The number of aromatic amines is 1. The summed E-state index contributed by atoms with van der Waals surface area (Å²) < 4.78 is 10.6. The van der Waals surface area contributed by atoms with Gasteiger partial charge in [0.05, 0.1) is 32.0 Å². The molecule has 142 valence electrons. The van der Waals surface area contributed by atoms with Gasteiger partial charge < -0.3 is 19.7 Å². The van der Waals surface area contributed by atoms with Gasteiger partial charge in [0.25, 0.3) is 0 Å². The molecule has 1 unspecified atom stereocenters. The molecule has 2 amide bonds. The van der Waals surface area contributed by atoms with E-state index in [0.29, 0.717) is 19.7 Å². The number of H-pyrrole nitrogens is 1. The minimum atomic E-state index is -0.152. The predicted molar refractivity (Wildman–Crippen MR) is 100 cm³/mol. The Bertz CT molecular complexity index is 710. The van der Waals surface area contributed by atoms with Gasteiger partial charge in [-0.2, -0.15) is 5.10 Å².